The van der Waals surface area contributed by atoms with Crippen LogP contribution in [0.1, 0.15) is 25.7 Å². The molecule has 1 N–H and O–H groups in total. The second-order valence-electron chi connectivity index (χ2n) is 4.49. The summed E-state index contributed by atoms with van der Waals surface area (Å²) in [4.78, 5) is 0. The van der Waals surface area contributed by atoms with Crippen LogP contribution in [-0.4, -0.2) is 19.3 Å². The fourth-order valence-electron chi connectivity index (χ4n) is 2.32. The van der Waals surface area contributed by atoms with Crippen molar-refractivity contribution in [3.05, 3.63) is 28.5 Å². The topological polar surface area (TPSA) is 21.3 Å². The van der Waals surface area contributed by atoms with Crippen molar-refractivity contribution < 1.29 is 9.13 Å². The van der Waals surface area contributed by atoms with E-state index in [9.17, 15) is 4.39 Å². The van der Waals surface area contributed by atoms with Gasteiger partial charge in [0, 0.05) is 17.6 Å². The Kier molecular flexibility index (Phi) is 4.40. The summed E-state index contributed by atoms with van der Waals surface area (Å²) in [5, 5.41) is 3.39. The predicted molar refractivity (Wildman–Crippen MR) is 70.8 cm³/mol. The molecule has 0 bridgehead atoms. The molecule has 0 amide bonds. The highest BCUT2D eigenvalue weighted by molar-refractivity contribution is 9.10. The van der Waals surface area contributed by atoms with Gasteiger partial charge in [-0.1, -0.05) is 0 Å². The van der Waals surface area contributed by atoms with E-state index in [2.05, 4.69) is 21.2 Å². The molecule has 0 heterocycles. The minimum atomic E-state index is -0.213. The molecule has 0 radical (unpaired) electrons. The average Bonchev–Trinajstić information content (AvgIpc) is 2.34. The number of hydrogen-bond donors (Lipinski definition) is 1. The van der Waals surface area contributed by atoms with Gasteiger partial charge >= 0.3 is 0 Å². The number of methoxy groups -OCH3 is 1. The van der Waals surface area contributed by atoms with E-state index in [1.54, 1.807) is 13.2 Å². The second-order valence-corrected chi connectivity index (χ2v) is 5.34. The monoisotopic (exact) mass is 301 g/mol. The second kappa shape index (κ2) is 5.83. The maximum Gasteiger partial charge on any atom is 0.125 e. The van der Waals surface area contributed by atoms with E-state index in [4.69, 9.17) is 4.74 Å². The Bertz CT molecular complexity index is 386. The Hall–Kier alpha value is -0.610. The molecule has 0 aromatic heterocycles. The van der Waals surface area contributed by atoms with Gasteiger partial charge in [-0.3, -0.25) is 0 Å². The lowest BCUT2D eigenvalue weighted by molar-refractivity contribution is 0.0669. The predicted octanol–water partition coefficient (Wildman–Crippen LogP) is 3.96. The van der Waals surface area contributed by atoms with Gasteiger partial charge < -0.3 is 10.1 Å². The van der Waals surface area contributed by atoms with Gasteiger partial charge in [-0.2, -0.15) is 0 Å². The zero-order valence-corrected chi connectivity index (χ0v) is 11.5. The summed E-state index contributed by atoms with van der Waals surface area (Å²) >= 11 is 3.43. The summed E-state index contributed by atoms with van der Waals surface area (Å²) in [5.41, 5.74) is 0.826. The van der Waals surface area contributed by atoms with Crippen LogP contribution in [0.5, 0.6) is 0 Å². The van der Waals surface area contributed by atoms with Crippen LogP contribution in [0.4, 0.5) is 10.1 Å². The molecule has 2 nitrogen and oxygen atoms in total. The minimum absolute atomic E-state index is 0.213. The highest BCUT2D eigenvalue weighted by Gasteiger charge is 2.21. The molecule has 0 spiro atoms. The molecule has 1 aromatic rings. The molecule has 0 saturated heterocycles. The van der Waals surface area contributed by atoms with Gasteiger partial charge in [0.05, 0.1) is 11.8 Å². The van der Waals surface area contributed by atoms with Gasteiger partial charge in [0.15, 0.2) is 0 Å². The largest absolute Gasteiger partial charge is 0.381 e. The van der Waals surface area contributed by atoms with Crippen molar-refractivity contribution in [2.75, 3.05) is 12.4 Å². The molecule has 1 aliphatic rings. The molecule has 4 heteroatoms. The molecule has 1 aliphatic carbocycles. The molecule has 2 unspecified atom stereocenters. The fourth-order valence-corrected chi connectivity index (χ4v) is 2.68. The van der Waals surface area contributed by atoms with Gasteiger partial charge in [0.1, 0.15) is 5.82 Å². The van der Waals surface area contributed by atoms with E-state index >= 15 is 0 Å². The third-order valence-corrected chi connectivity index (χ3v) is 3.94. The maximum atomic E-state index is 13.2. The molecule has 17 heavy (non-hydrogen) atoms. The van der Waals surface area contributed by atoms with Gasteiger partial charge in [-0.25, -0.2) is 4.39 Å². The van der Waals surface area contributed by atoms with Crippen LogP contribution < -0.4 is 5.32 Å². The SMILES string of the molecule is COC1CCCC(Nc2cc(F)ccc2Br)C1. The molecule has 1 aromatic carbocycles. The minimum Gasteiger partial charge on any atom is -0.381 e. The first-order chi connectivity index (χ1) is 8.19. The molecule has 0 aliphatic heterocycles. The quantitative estimate of drug-likeness (QED) is 0.912. The van der Waals surface area contributed by atoms with E-state index in [0.717, 1.165) is 35.8 Å². The van der Waals surface area contributed by atoms with Gasteiger partial charge in [-0.15, -0.1) is 0 Å². The summed E-state index contributed by atoms with van der Waals surface area (Å²) in [7, 11) is 1.76. The van der Waals surface area contributed by atoms with Crippen molar-refractivity contribution in [1.82, 2.24) is 0 Å². The summed E-state index contributed by atoms with van der Waals surface area (Å²) < 4.78 is 19.4. The van der Waals surface area contributed by atoms with Crippen LogP contribution in [0.15, 0.2) is 22.7 Å². The average molecular weight is 302 g/mol. The number of anilines is 1. The number of halogens is 2. The van der Waals surface area contributed by atoms with Crippen LogP contribution in [-0.2, 0) is 4.74 Å². The zero-order chi connectivity index (χ0) is 12.3. The highest BCUT2D eigenvalue weighted by Crippen LogP contribution is 2.28. The van der Waals surface area contributed by atoms with Crippen molar-refractivity contribution in [2.45, 2.75) is 37.8 Å². The molecule has 1 fully saturated rings. The highest BCUT2D eigenvalue weighted by atomic mass is 79.9. The van der Waals surface area contributed by atoms with Crippen molar-refractivity contribution in [3.8, 4) is 0 Å². The Morgan fingerprint density at radius 3 is 3.00 bits per heavy atom. The van der Waals surface area contributed by atoms with Crippen molar-refractivity contribution in [3.63, 3.8) is 0 Å². The van der Waals surface area contributed by atoms with E-state index < -0.39 is 0 Å². The molecule has 1 saturated carbocycles. The van der Waals surface area contributed by atoms with Crippen molar-refractivity contribution in [2.24, 2.45) is 0 Å². The number of benzene rings is 1. The Morgan fingerprint density at radius 1 is 1.41 bits per heavy atom. The Labute approximate surface area is 110 Å². The lowest BCUT2D eigenvalue weighted by Gasteiger charge is -2.29. The summed E-state index contributed by atoms with van der Waals surface area (Å²) in [6, 6.07) is 5.08. The van der Waals surface area contributed by atoms with E-state index in [1.807, 2.05) is 0 Å². The lowest BCUT2D eigenvalue weighted by atomic mass is 9.92. The lowest BCUT2D eigenvalue weighted by Crippen LogP contribution is -2.31. The normalized spacial score (nSPS) is 24.6. The summed E-state index contributed by atoms with van der Waals surface area (Å²) in [6.45, 7) is 0. The third kappa shape index (κ3) is 3.42. The smallest absolute Gasteiger partial charge is 0.125 e. The molecular formula is C13H17BrFNO. The van der Waals surface area contributed by atoms with Crippen LogP contribution in [0, 0.1) is 5.82 Å². The first-order valence-electron chi connectivity index (χ1n) is 5.93. The Morgan fingerprint density at radius 2 is 2.24 bits per heavy atom. The van der Waals surface area contributed by atoms with Gasteiger partial charge in [-0.05, 0) is 59.8 Å². The molecule has 94 valence electrons. The van der Waals surface area contributed by atoms with Crippen LogP contribution >= 0.6 is 15.9 Å². The van der Waals surface area contributed by atoms with Crippen molar-refractivity contribution >= 4 is 21.6 Å². The standard InChI is InChI=1S/C13H17BrFNO/c1-17-11-4-2-3-10(8-11)16-13-7-9(15)5-6-12(13)14/h5-7,10-11,16H,2-4,8H2,1H3. The summed E-state index contributed by atoms with van der Waals surface area (Å²) in [5.74, 6) is -0.213. The van der Waals surface area contributed by atoms with Crippen LogP contribution in [0.25, 0.3) is 0 Å². The number of rotatable bonds is 3. The first-order valence-corrected chi connectivity index (χ1v) is 6.72. The maximum absolute atomic E-state index is 13.2. The zero-order valence-electron chi connectivity index (χ0n) is 9.88. The van der Waals surface area contributed by atoms with Crippen LogP contribution in [0.2, 0.25) is 0 Å². The molecular weight excluding hydrogens is 285 g/mol. The van der Waals surface area contributed by atoms with E-state index in [0.29, 0.717) is 12.1 Å². The number of nitrogens with one attached hydrogen (secondary N) is 1. The first kappa shape index (κ1) is 12.8. The van der Waals surface area contributed by atoms with Crippen LogP contribution in [0.3, 0.4) is 0 Å². The number of hydrogen-bond acceptors (Lipinski definition) is 2. The van der Waals surface area contributed by atoms with E-state index in [-0.39, 0.29) is 5.82 Å². The van der Waals surface area contributed by atoms with Crippen molar-refractivity contribution in [1.29, 1.82) is 0 Å². The third-order valence-electron chi connectivity index (χ3n) is 3.25. The van der Waals surface area contributed by atoms with Gasteiger partial charge in [0.25, 0.3) is 0 Å². The fraction of sp³-hybridized carbons (Fsp3) is 0.538. The molecule has 2 rings (SSSR count). The molecule has 2 atom stereocenters. The summed E-state index contributed by atoms with van der Waals surface area (Å²) in [6.07, 6.45) is 4.71. The van der Waals surface area contributed by atoms with E-state index in [1.165, 1.54) is 12.1 Å². The number of ether oxygens (including phenoxy) is 1. The van der Waals surface area contributed by atoms with Gasteiger partial charge in [0.2, 0.25) is 0 Å². The Balaban J connectivity index is 2.02.